The van der Waals surface area contributed by atoms with Crippen LogP contribution in [0.4, 0.5) is 0 Å². The minimum Gasteiger partial charge on any atom is -0.448 e. The van der Waals surface area contributed by atoms with Crippen LogP contribution in [0.1, 0.15) is 0 Å². The molecule has 0 radical (unpaired) electrons. The van der Waals surface area contributed by atoms with Crippen LogP contribution in [0.15, 0.2) is 53.4 Å². The smallest absolute Gasteiger partial charge is 0.230 e. The molecule has 2 aromatic rings. The van der Waals surface area contributed by atoms with E-state index in [-0.39, 0.29) is 6.54 Å². The molecule has 0 spiro atoms. The van der Waals surface area contributed by atoms with Crippen LogP contribution in [0.25, 0.3) is 0 Å². The van der Waals surface area contributed by atoms with Crippen LogP contribution in [-0.2, 0) is 4.79 Å². The molecule has 1 atom stereocenters. The molecule has 1 N–H and O–H groups in total. The molecule has 0 fully saturated rings. The highest BCUT2D eigenvalue weighted by atomic mass is 35.5. The maximum atomic E-state index is 10.6. The molecule has 0 aliphatic heterocycles. The van der Waals surface area contributed by atoms with Crippen molar-refractivity contribution in [2.75, 3.05) is 6.54 Å². The van der Waals surface area contributed by atoms with Crippen molar-refractivity contribution < 1.29 is 9.32 Å². The van der Waals surface area contributed by atoms with E-state index in [1.165, 1.54) is 11.4 Å². The lowest BCUT2D eigenvalue weighted by Gasteiger charge is -2.17. The molecule has 2 rings (SSSR count). The number of halogens is 2. The first kappa shape index (κ1) is 16.6. The van der Waals surface area contributed by atoms with E-state index in [9.17, 15) is 4.79 Å². The van der Waals surface area contributed by atoms with Crippen molar-refractivity contribution in [2.24, 2.45) is 0 Å². The molecule has 0 saturated heterocycles. The predicted octanol–water partition coefficient (Wildman–Crippen LogP) is 5.18. The molecule has 0 amide bonds. The molecular formula is C14H12Cl2NO2PS. The van der Waals surface area contributed by atoms with E-state index in [0.29, 0.717) is 10.0 Å². The minimum absolute atomic E-state index is 0.222. The average molecular weight is 360 g/mol. The number of aldehydes is 1. The van der Waals surface area contributed by atoms with E-state index in [2.05, 4.69) is 5.09 Å². The highest BCUT2D eigenvalue weighted by molar-refractivity contribution is 8.53. The zero-order chi connectivity index (χ0) is 15.1. The van der Waals surface area contributed by atoms with Gasteiger partial charge in [0.2, 0.25) is 7.50 Å². The maximum absolute atomic E-state index is 10.6. The van der Waals surface area contributed by atoms with Crippen LogP contribution >= 0.6 is 42.1 Å². The number of rotatable bonds is 7. The quantitative estimate of drug-likeness (QED) is 0.545. The van der Waals surface area contributed by atoms with Crippen molar-refractivity contribution in [1.29, 1.82) is 0 Å². The van der Waals surface area contributed by atoms with E-state index in [0.717, 1.165) is 16.9 Å². The van der Waals surface area contributed by atoms with Gasteiger partial charge in [0.25, 0.3) is 0 Å². The minimum atomic E-state index is -1.13. The summed E-state index contributed by atoms with van der Waals surface area (Å²) in [5.41, 5.74) is 0. The molecule has 2 aromatic carbocycles. The summed E-state index contributed by atoms with van der Waals surface area (Å²) in [5, 5.41) is 4.19. The lowest BCUT2D eigenvalue weighted by atomic mass is 10.3. The SMILES string of the molecule is O=CCNP(Oc1ccccc1)Sc1cc(Cl)cc(Cl)c1. The summed E-state index contributed by atoms with van der Waals surface area (Å²) in [7, 11) is -1.13. The van der Waals surface area contributed by atoms with Crippen molar-refractivity contribution in [3.8, 4) is 5.75 Å². The fourth-order valence-electron chi connectivity index (χ4n) is 1.45. The molecular weight excluding hydrogens is 348 g/mol. The van der Waals surface area contributed by atoms with Crippen LogP contribution in [-0.4, -0.2) is 12.8 Å². The second-order valence-electron chi connectivity index (χ2n) is 3.89. The lowest BCUT2D eigenvalue weighted by molar-refractivity contribution is -0.106. The Morgan fingerprint density at radius 1 is 1.14 bits per heavy atom. The van der Waals surface area contributed by atoms with E-state index < -0.39 is 7.50 Å². The predicted molar refractivity (Wildman–Crippen MR) is 90.4 cm³/mol. The van der Waals surface area contributed by atoms with Gasteiger partial charge in [-0.05, 0) is 41.7 Å². The Balaban J connectivity index is 2.10. The van der Waals surface area contributed by atoms with Crippen LogP contribution in [0, 0.1) is 0 Å². The van der Waals surface area contributed by atoms with E-state index >= 15 is 0 Å². The van der Waals surface area contributed by atoms with Gasteiger partial charge >= 0.3 is 0 Å². The molecule has 0 saturated carbocycles. The van der Waals surface area contributed by atoms with E-state index in [1.807, 2.05) is 42.5 Å². The van der Waals surface area contributed by atoms with Gasteiger partial charge in [-0.15, -0.1) is 0 Å². The lowest BCUT2D eigenvalue weighted by Crippen LogP contribution is -2.11. The zero-order valence-corrected chi connectivity index (χ0v) is 14.1. The van der Waals surface area contributed by atoms with Crippen LogP contribution in [0.5, 0.6) is 5.75 Å². The molecule has 0 aliphatic rings. The van der Waals surface area contributed by atoms with Gasteiger partial charge in [0.05, 0.1) is 6.54 Å². The Morgan fingerprint density at radius 2 is 1.81 bits per heavy atom. The summed E-state index contributed by atoms with van der Waals surface area (Å²) >= 11 is 13.4. The Labute approximate surface area is 138 Å². The standard InChI is InChI=1S/C14H12Cl2NO2PS/c15-11-8-12(16)10-14(9-11)21-20(17-6-7-18)19-13-4-2-1-3-5-13/h1-5,7-10,17H,6H2. The van der Waals surface area contributed by atoms with Crippen LogP contribution in [0.2, 0.25) is 10.0 Å². The fraction of sp³-hybridized carbons (Fsp3) is 0.0714. The number of carbonyl (C=O) groups excluding carboxylic acids is 1. The van der Waals surface area contributed by atoms with Gasteiger partial charge < -0.3 is 9.32 Å². The van der Waals surface area contributed by atoms with Crippen LogP contribution in [0.3, 0.4) is 0 Å². The molecule has 0 aromatic heterocycles. The summed E-state index contributed by atoms with van der Waals surface area (Å²) in [4.78, 5) is 11.4. The third-order valence-corrected chi connectivity index (χ3v) is 5.87. The number of benzene rings is 2. The topological polar surface area (TPSA) is 38.3 Å². The second kappa shape index (κ2) is 8.62. The number of carbonyl (C=O) groups is 1. The molecule has 3 nitrogen and oxygen atoms in total. The van der Waals surface area contributed by atoms with Crippen molar-refractivity contribution in [1.82, 2.24) is 5.09 Å². The summed E-state index contributed by atoms with van der Waals surface area (Å²) in [6.07, 6.45) is 0.801. The third-order valence-electron chi connectivity index (χ3n) is 2.26. The molecule has 1 unspecified atom stereocenters. The number of nitrogens with one attached hydrogen (secondary N) is 1. The van der Waals surface area contributed by atoms with Gasteiger partial charge in [-0.3, -0.25) is 0 Å². The average Bonchev–Trinajstić information content (AvgIpc) is 2.45. The van der Waals surface area contributed by atoms with E-state index in [4.69, 9.17) is 27.7 Å². The number of para-hydroxylation sites is 1. The van der Waals surface area contributed by atoms with Crippen molar-refractivity contribution in [3.63, 3.8) is 0 Å². The first-order valence-corrected chi connectivity index (χ1v) is 9.45. The highest BCUT2D eigenvalue weighted by Gasteiger charge is 2.14. The van der Waals surface area contributed by atoms with Crippen molar-refractivity contribution >= 4 is 48.4 Å². The number of hydrogen-bond acceptors (Lipinski definition) is 4. The molecule has 7 heteroatoms. The molecule has 110 valence electrons. The van der Waals surface area contributed by atoms with Gasteiger partial charge in [-0.2, -0.15) is 0 Å². The molecule has 21 heavy (non-hydrogen) atoms. The normalized spacial score (nSPS) is 11.9. The molecule has 0 bridgehead atoms. The van der Waals surface area contributed by atoms with E-state index in [1.54, 1.807) is 6.07 Å². The molecule has 0 aliphatic carbocycles. The van der Waals surface area contributed by atoms with Gasteiger partial charge in [0, 0.05) is 14.9 Å². The fourth-order valence-corrected chi connectivity index (χ4v) is 5.04. The van der Waals surface area contributed by atoms with Crippen molar-refractivity contribution in [2.45, 2.75) is 4.90 Å². The second-order valence-corrected chi connectivity index (χ2v) is 7.97. The first-order chi connectivity index (χ1) is 10.2. The Hall–Kier alpha value is -0.770. The largest absolute Gasteiger partial charge is 0.448 e. The third kappa shape index (κ3) is 5.85. The zero-order valence-electron chi connectivity index (χ0n) is 10.8. The monoisotopic (exact) mass is 359 g/mol. The van der Waals surface area contributed by atoms with Gasteiger partial charge in [-0.25, -0.2) is 5.09 Å². The summed E-state index contributed by atoms with van der Waals surface area (Å²) in [5.74, 6) is 0.739. The van der Waals surface area contributed by atoms with Crippen molar-refractivity contribution in [3.05, 3.63) is 58.6 Å². The Morgan fingerprint density at radius 3 is 2.43 bits per heavy atom. The maximum Gasteiger partial charge on any atom is 0.230 e. The summed E-state index contributed by atoms with van der Waals surface area (Å²) < 4.78 is 5.87. The first-order valence-electron chi connectivity index (χ1n) is 6.02. The van der Waals surface area contributed by atoms with Gasteiger partial charge in [0.1, 0.15) is 12.0 Å². The Bertz CT molecular complexity index is 581. The molecule has 0 heterocycles. The van der Waals surface area contributed by atoms with Gasteiger partial charge in [-0.1, -0.05) is 41.4 Å². The van der Waals surface area contributed by atoms with Gasteiger partial charge in [0.15, 0.2) is 0 Å². The Kier molecular flexibility index (Phi) is 6.81. The highest BCUT2D eigenvalue weighted by Crippen LogP contribution is 2.51. The number of hydrogen-bond donors (Lipinski definition) is 1. The summed E-state index contributed by atoms with van der Waals surface area (Å²) in [6, 6.07) is 14.7. The van der Waals surface area contributed by atoms with Crippen LogP contribution < -0.4 is 9.61 Å². The summed E-state index contributed by atoms with van der Waals surface area (Å²) in [6.45, 7) is 0.222.